The lowest BCUT2D eigenvalue weighted by atomic mass is 10.1. The van der Waals surface area contributed by atoms with Crippen molar-refractivity contribution < 1.29 is 49.0 Å². The molecule has 9 nitrogen and oxygen atoms in total. The van der Waals surface area contributed by atoms with Crippen LogP contribution in [0.25, 0.3) is 0 Å². The number of halogens is 2. The van der Waals surface area contributed by atoms with Crippen molar-refractivity contribution in [3.05, 3.63) is 58.2 Å². The molecule has 0 saturated heterocycles. The van der Waals surface area contributed by atoms with Crippen LogP contribution in [0.3, 0.4) is 0 Å². The number of hydrogen-bond acceptors (Lipinski definition) is 7. The second-order valence-electron chi connectivity index (χ2n) is 5.73. The maximum atomic E-state index is 14.3. The van der Waals surface area contributed by atoms with E-state index in [0.29, 0.717) is 24.3 Å². The van der Waals surface area contributed by atoms with Crippen molar-refractivity contribution in [2.45, 2.75) is 23.6 Å². The number of rotatable bonds is 4. The Labute approximate surface area is 163 Å². The van der Waals surface area contributed by atoms with E-state index in [1.54, 1.807) is 0 Å². The zero-order valence-electron chi connectivity index (χ0n) is 14.6. The molecule has 0 aliphatic carbocycles. The average molecular weight is 450 g/mol. The topological polar surface area (TPSA) is 152 Å². The van der Waals surface area contributed by atoms with Gasteiger partial charge >= 0.3 is 11.9 Å². The first-order valence-electron chi connectivity index (χ1n) is 7.46. The SMILES string of the molecule is Cc1c(S(=O)(=O)O)ccc(C(=O)OC(=O)c2ccc(S(=O)(=O)O)c(C)c2F)c1F. The summed E-state index contributed by atoms with van der Waals surface area (Å²) in [6, 6.07) is 2.70. The molecular formula is C16H12F2O9S2. The summed E-state index contributed by atoms with van der Waals surface area (Å²) in [5.74, 6) is -5.96. The van der Waals surface area contributed by atoms with E-state index in [2.05, 4.69) is 4.74 Å². The molecule has 156 valence electrons. The van der Waals surface area contributed by atoms with Gasteiger partial charge in [-0.05, 0) is 38.1 Å². The van der Waals surface area contributed by atoms with Gasteiger partial charge in [0.15, 0.2) is 0 Å². The normalized spacial score (nSPS) is 11.9. The zero-order chi connectivity index (χ0) is 22.3. The molecular weight excluding hydrogens is 438 g/mol. The molecule has 0 unspecified atom stereocenters. The molecule has 13 heteroatoms. The Morgan fingerprint density at radius 3 is 1.34 bits per heavy atom. The van der Waals surface area contributed by atoms with Crippen LogP contribution in [-0.4, -0.2) is 37.9 Å². The van der Waals surface area contributed by atoms with Gasteiger partial charge in [0.1, 0.15) is 11.6 Å². The molecule has 0 aliphatic heterocycles. The number of carbonyl (C=O) groups is 2. The van der Waals surface area contributed by atoms with E-state index in [4.69, 9.17) is 9.11 Å². The quantitative estimate of drug-likeness (QED) is 0.405. The number of hydrogen-bond donors (Lipinski definition) is 2. The van der Waals surface area contributed by atoms with E-state index in [9.17, 15) is 35.2 Å². The molecule has 0 radical (unpaired) electrons. The van der Waals surface area contributed by atoms with Crippen LogP contribution in [0, 0.1) is 25.5 Å². The van der Waals surface area contributed by atoms with Gasteiger partial charge in [-0.1, -0.05) is 0 Å². The maximum absolute atomic E-state index is 14.3. The van der Waals surface area contributed by atoms with Crippen molar-refractivity contribution in [2.24, 2.45) is 0 Å². The highest BCUT2D eigenvalue weighted by Gasteiger charge is 2.27. The van der Waals surface area contributed by atoms with Crippen LogP contribution < -0.4 is 0 Å². The van der Waals surface area contributed by atoms with Gasteiger partial charge in [-0.2, -0.15) is 16.8 Å². The van der Waals surface area contributed by atoms with E-state index >= 15 is 0 Å². The molecule has 2 aromatic carbocycles. The molecule has 0 bridgehead atoms. The van der Waals surface area contributed by atoms with Gasteiger partial charge in [-0.3, -0.25) is 9.11 Å². The van der Waals surface area contributed by atoms with E-state index < -0.39 is 75.9 Å². The van der Waals surface area contributed by atoms with Crippen molar-refractivity contribution >= 4 is 32.2 Å². The highest BCUT2D eigenvalue weighted by molar-refractivity contribution is 7.86. The Morgan fingerprint density at radius 1 is 0.759 bits per heavy atom. The molecule has 0 heterocycles. The minimum atomic E-state index is -4.77. The first-order valence-corrected chi connectivity index (χ1v) is 10.3. The smallest absolute Gasteiger partial charge is 0.349 e. The van der Waals surface area contributed by atoms with E-state index in [0.717, 1.165) is 13.8 Å². The van der Waals surface area contributed by atoms with Crippen LogP contribution in [0.5, 0.6) is 0 Å². The van der Waals surface area contributed by atoms with Crippen LogP contribution in [0.1, 0.15) is 31.8 Å². The lowest BCUT2D eigenvalue weighted by Crippen LogP contribution is -2.17. The molecule has 2 N–H and O–H groups in total. The number of ether oxygens (including phenoxy) is 1. The average Bonchev–Trinajstić information content (AvgIpc) is 2.56. The van der Waals surface area contributed by atoms with E-state index in [1.807, 2.05) is 0 Å². The van der Waals surface area contributed by atoms with Crippen molar-refractivity contribution in [2.75, 3.05) is 0 Å². The Bertz CT molecular complexity index is 1150. The Hall–Kier alpha value is -2.74. The van der Waals surface area contributed by atoms with Gasteiger partial charge in [-0.15, -0.1) is 0 Å². The summed E-state index contributed by atoms with van der Waals surface area (Å²) in [4.78, 5) is 22.5. The summed E-state index contributed by atoms with van der Waals surface area (Å²) in [7, 11) is -9.54. The fraction of sp³-hybridized carbons (Fsp3) is 0.125. The van der Waals surface area contributed by atoms with Crippen LogP contribution in [0.4, 0.5) is 8.78 Å². The highest BCUT2D eigenvalue weighted by Crippen LogP contribution is 2.24. The molecule has 0 saturated carbocycles. The Balaban J connectivity index is 2.39. The second kappa shape index (κ2) is 7.59. The van der Waals surface area contributed by atoms with Crippen LogP contribution in [-0.2, 0) is 25.0 Å². The maximum Gasteiger partial charge on any atom is 0.349 e. The van der Waals surface area contributed by atoms with Gasteiger partial charge in [0.2, 0.25) is 0 Å². The number of carbonyl (C=O) groups excluding carboxylic acids is 2. The van der Waals surface area contributed by atoms with Crippen molar-refractivity contribution in [1.82, 2.24) is 0 Å². The summed E-state index contributed by atoms with van der Waals surface area (Å²) < 4.78 is 95.4. The number of benzene rings is 2. The second-order valence-corrected chi connectivity index (χ2v) is 8.51. The molecule has 0 fully saturated rings. The summed E-state index contributed by atoms with van der Waals surface area (Å²) in [6.07, 6.45) is 0. The van der Waals surface area contributed by atoms with Crippen LogP contribution in [0.2, 0.25) is 0 Å². The minimum Gasteiger partial charge on any atom is -0.386 e. The van der Waals surface area contributed by atoms with Gasteiger partial charge in [0.25, 0.3) is 20.2 Å². The molecule has 0 amide bonds. The molecule has 2 aromatic rings. The van der Waals surface area contributed by atoms with Crippen molar-refractivity contribution in [1.29, 1.82) is 0 Å². The van der Waals surface area contributed by atoms with Gasteiger partial charge in [0.05, 0.1) is 20.9 Å². The Kier molecular flexibility index (Phi) is 5.90. The molecule has 0 atom stereocenters. The van der Waals surface area contributed by atoms with Crippen LogP contribution >= 0.6 is 0 Å². The minimum absolute atomic E-state index is 0.617. The Morgan fingerprint density at radius 2 is 1.07 bits per heavy atom. The van der Waals surface area contributed by atoms with Gasteiger partial charge in [0, 0.05) is 11.1 Å². The van der Waals surface area contributed by atoms with Gasteiger partial charge < -0.3 is 4.74 Å². The first-order chi connectivity index (χ1) is 13.2. The van der Waals surface area contributed by atoms with Crippen molar-refractivity contribution in [3.63, 3.8) is 0 Å². The molecule has 0 spiro atoms. The largest absolute Gasteiger partial charge is 0.386 e. The summed E-state index contributed by atoms with van der Waals surface area (Å²) in [5, 5.41) is 0. The monoisotopic (exact) mass is 450 g/mol. The number of esters is 2. The molecule has 2 rings (SSSR count). The van der Waals surface area contributed by atoms with E-state index in [1.165, 1.54) is 0 Å². The fourth-order valence-electron chi connectivity index (χ4n) is 2.40. The molecule has 0 aromatic heterocycles. The third-order valence-corrected chi connectivity index (χ3v) is 5.85. The fourth-order valence-corrected chi connectivity index (χ4v) is 3.84. The van der Waals surface area contributed by atoms with Crippen LogP contribution in [0.15, 0.2) is 34.1 Å². The lowest BCUT2D eigenvalue weighted by molar-refractivity contribution is 0.0391. The summed E-state index contributed by atoms with van der Waals surface area (Å²) in [5.41, 5.74) is -2.97. The van der Waals surface area contributed by atoms with E-state index in [-0.39, 0.29) is 0 Å². The third kappa shape index (κ3) is 4.48. The standard InChI is InChI=1S/C16H12F2O9S2/c1-7-11(28(21,22)23)5-3-9(13(7)17)15(19)27-16(20)10-4-6-12(29(24,25)26)8(2)14(10)18/h3-6H,1-2H3,(H,21,22,23)(H,24,25,26). The van der Waals surface area contributed by atoms with Gasteiger partial charge in [-0.25, -0.2) is 18.4 Å². The summed E-state index contributed by atoms with van der Waals surface area (Å²) in [6.45, 7) is 1.90. The first kappa shape index (κ1) is 22.5. The van der Waals surface area contributed by atoms with Crippen molar-refractivity contribution in [3.8, 4) is 0 Å². The lowest BCUT2D eigenvalue weighted by Gasteiger charge is -2.10. The predicted octanol–water partition coefficient (Wildman–Crippen LogP) is 2.07. The zero-order valence-corrected chi connectivity index (χ0v) is 16.3. The molecule has 29 heavy (non-hydrogen) atoms. The highest BCUT2D eigenvalue weighted by atomic mass is 32.2. The molecule has 0 aliphatic rings. The summed E-state index contributed by atoms with van der Waals surface area (Å²) >= 11 is 0. The predicted molar refractivity (Wildman–Crippen MR) is 91.6 cm³/mol. The third-order valence-electron chi connectivity index (χ3n) is 3.85.